The summed E-state index contributed by atoms with van der Waals surface area (Å²) in [7, 11) is 0. The van der Waals surface area contributed by atoms with E-state index in [1.807, 2.05) is 12.3 Å². The van der Waals surface area contributed by atoms with Gasteiger partial charge in [-0.3, -0.25) is 4.79 Å². The van der Waals surface area contributed by atoms with Crippen LogP contribution in [0.5, 0.6) is 0 Å². The lowest BCUT2D eigenvalue weighted by Gasteiger charge is -2.24. The zero-order valence-electron chi connectivity index (χ0n) is 13.1. The Bertz CT molecular complexity index is 598. The molecule has 5 heteroatoms. The average molecular weight is 335 g/mol. The van der Waals surface area contributed by atoms with E-state index in [2.05, 4.69) is 24.4 Å². The van der Waals surface area contributed by atoms with Crippen LogP contribution in [0.4, 0.5) is 0 Å². The molecule has 1 aromatic heterocycles. The molecule has 1 unspecified atom stereocenters. The van der Waals surface area contributed by atoms with Crippen LogP contribution in [0, 0.1) is 18.3 Å². The van der Waals surface area contributed by atoms with Gasteiger partial charge < -0.3 is 5.32 Å². The number of nitrogens with one attached hydrogen (secondary N) is 1. The number of allylic oxidation sites excluding steroid dienone is 1. The van der Waals surface area contributed by atoms with Crippen molar-refractivity contribution in [2.24, 2.45) is 0 Å². The first kappa shape index (κ1) is 17.1. The predicted molar refractivity (Wildman–Crippen MR) is 93.8 cm³/mol. The average Bonchev–Trinajstić information content (AvgIpc) is 2.92. The largest absolute Gasteiger partial charge is 0.320 e. The Morgan fingerprint density at radius 2 is 2.27 bits per heavy atom. The van der Waals surface area contributed by atoms with Gasteiger partial charge in [-0.25, -0.2) is 0 Å². The molecule has 0 saturated carbocycles. The maximum absolute atomic E-state index is 12.0. The number of aryl methyl sites for hydroxylation is 1. The molecule has 22 heavy (non-hydrogen) atoms. The maximum Gasteiger partial charge on any atom is 0.225 e. The van der Waals surface area contributed by atoms with Gasteiger partial charge in [-0.2, -0.15) is 5.26 Å². The summed E-state index contributed by atoms with van der Waals surface area (Å²) >= 11 is 3.26. The Balaban J connectivity index is 2.14. The molecule has 0 bridgehead atoms. The van der Waals surface area contributed by atoms with E-state index in [4.69, 9.17) is 0 Å². The molecule has 1 aliphatic rings. The van der Waals surface area contributed by atoms with Crippen molar-refractivity contribution in [3.8, 4) is 6.07 Å². The molecule has 118 valence electrons. The summed E-state index contributed by atoms with van der Waals surface area (Å²) in [4.78, 5) is 13.2. The lowest BCUT2D eigenvalue weighted by Crippen LogP contribution is -2.30. The quantitative estimate of drug-likeness (QED) is 0.735. The number of thiophene rings is 1. The molecule has 3 nitrogen and oxygen atoms in total. The molecule has 1 N–H and O–H groups in total. The van der Waals surface area contributed by atoms with Crippen molar-refractivity contribution >= 4 is 29.0 Å². The Labute approximate surface area is 140 Å². The van der Waals surface area contributed by atoms with Crippen molar-refractivity contribution in [3.05, 3.63) is 32.5 Å². The van der Waals surface area contributed by atoms with Gasteiger partial charge in [0.05, 0.1) is 16.7 Å². The summed E-state index contributed by atoms with van der Waals surface area (Å²) in [5.41, 5.74) is 1.90. The summed E-state index contributed by atoms with van der Waals surface area (Å²) in [6, 6.07) is 4.40. The first-order valence-corrected chi connectivity index (χ1v) is 9.64. The van der Waals surface area contributed by atoms with Crippen molar-refractivity contribution in [2.45, 2.75) is 51.9 Å². The summed E-state index contributed by atoms with van der Waals surface area (Å²) in [5.74, 6) is 0.904. The highest BCUT2D eigenvalue weighted by molar-refractivity contribution is 8.03. The summed E-state index contributed by atoms with van der Waals surface area (Å²) in [6.45, 7) is 4.24. The van der Waals surface area contributed by atoms with Crippen LogP contribution in [-0.4, -0.2) is 11.7 Å². The van der Waals surface area contributed by atoms with Crippen LogP contribution in [0.2, 0.25) is 0 Å². The van der Waals surface area contributed by atoms with Crippen LogP contribution >= 0.6 is 23.1 Å². The Morgan fingerprint density at radius 3 is 2.91 bits per heavy atom. The number of carbonyl (C=O) groups is 1. The van der Waals surface area contributed by atoms with Crippen molar-refractivity contribution in [1.29, 1.82) is 5.26 Å². The van der Waals surface area contributed by atoms with Crippen LogP contribution in [0.25, 0.3) is 0 Å². The van der Waals surface area contributed by atoms with E-state index in [1.54, 1.807) is 23.1 Å². The number of thioether (sulfide) groups is 1. The number of hydrogen-bond donors (Lipinski definition) is 1. The number of nitrogens with zero attached hydrogens (tertiary/aromatic N) is 1. The molecule has 1 aromatic rings. The predicted octanol–water partition coefficient (Wildman–Crippen LogP) is 4.71. The molecule has 0 aliphatic carbocycles. The van der Waals surface area contributed by atoms with Crippen molar-refractivity contribution in [1.82, 2.24) is 5.32 Å². The maximum atomic E-state index is 12.0. The first-order valence-electron chi connectivity index (χ1n) is 7.78. The van der Waals surface area contributed by atoms with E-state index in [-0.39, 0.29) is 11.8 Å². The van der Waals surface area contributed by atoms with Crippen molar-refractivity contribution in [2.75, 3.05) is 5.75 Å². The van der Waals surface area contributed by atoms with Crippen LogP contribution in [0.15, 0.2) is 22.0 Å². The molecule has 2 rings (SSSR count). The topological polar surface area (TPSA) is 52.9 Å². The molecule has 0 saturated heterocycles. The molecular weight excluding hydrogens is 312 g/mol. The van der Waals surface area contributed by atoms with Gasteiger partial charge in [-0.05, 0) is 36.1 Å². The van der Waals surface area contributed by atoms with Gasteiger partial charge in [-0.1, -0.05) is 26.2 Å². The lowest BCUT2D eigenvalue weighted by molar-refractivity contribution is -0.120. The van der Waals surface area contributed by atoms with Gasteiger partial charge in [0.15, 0.2) is 0 Å². The number of unbranched alkanes of at least 4 members (excludes halogenated alkanes) is 3. The second kappa shape index (κ2) is 8.40. The molecule has 0 spiro atoms. The molecule has 1 atom stereocenters. The fraction of sp³-hybridized carbons (Fsp3) is 0.529. The summed E-state index contributed by atoms with van der Waals surface area (Å²) in [6.07, 6.45) is 5.17. The highest BCUT2D eigenvalue weighted by Crippen LogP contribution is 2.39. The highest BCUT2D eigenvalue weighted by Gasteiger charge is 2.30. The van der Waals surface area contributed by atoms with E-state index in [9.17, 15) is 10.1 Å². The molecule has 2 heterocycles. The fourth-order valence-corrected chi connectivity index (χ4v) is 4.72. The van der Waals surface area contributed by atoms with E-state index in [0.717, 1.165) is 27.7 Å². The van der Waals surface area contributed by atoms with Crippen molar-refractivity contribution in [3.63, 3.8) is 0 Å². The molecule has 0 radical (unpaired) electrons. The second-order valence-electron chi connectivity index (χ2n) is 5.54. The Kier molecular flexibility index (Phi) is 6.53. The van der Waals surface area contributed by atoms with Crippen LogP contribution in [0.3, 0.4) is 0 Å². The van der Waals surface area contributed by atoms with Gasteiger partial charge in [0.25, 0.3) is 0 Å². The summed E-state index contributed by atoms with van der Waals surface area (Å²) < 4.78 is 0. The molecule has 1 amide bonds. The van der Waals surface area contributed by atoms with Gasteiger partial charge in [-0.15, -0.1) is 23.1 Å². The van der Waals surface area contributed by atoms with E-state index < -0.39 is 0 Å². The first-order chi connectivity index (χ1) is 10.7. The fourth-order valence-electron chi connectivity index (χ4n) is 2.60. The normalized spacial score (nSPS) is 18.2. The molecule has 0 fully saturated rings. The minimum atomic E-state index is -0.0723. The zero-order chi connectivity index (χ0) is 15.9. The van der Waals surface area contributed by atoms with E-state index >= 15 is 0 Å². The Hall–Kier alpha value is -1.25. The molecular formula is C17H22N2OS2. The van der Waals surface area contributed by atoms with Crippen molar-refractivity contribution < 1.29 is 4.79 Å². The molecule has 1 aliphatic heterocycles. The SMILES string of the molecule is CCCCCCSC1=C(C#N)C(c2sccc2C)CC(=O)N1. The van der Waals surface area contributed by atoms with Gasteiger partial charge in [0.1, 0.15) is 0 Å². The summed E-state index contributed by atoms with van der Waals surface area (Å²) in [5, 5.41) is 15.3. The van der Waals surface area contributed by atoms with Gasteiger partial charge in [0, 0.05) is 17.2 Å². The second-order valence-corrected chi connectivity index (χ2v) is 7.59. The van der Waals surface area contributed by atoms with Crippen LogP contribution < -0.4 is 5.32 Å². The van der Waals surface area contributed by atoms with Crippen LogP contribution in [-0.2, 0) is 4.79 Å². The zero-order valence-corrected chi connectivity index (χ0v) is 14.8. The van der Waals surface area contributed by atoms with E-state index in [1.165, 1.54) is 24.8 Å². The third-order valence-corrected chi connectivity index (χ3v) is 6.05. The van der Waals surface area contributed by atoms with Gasteiger partial charge >= 0.3 is 0 Å². The standard InChI is InChI=1S/C17H22N2OS2/c1-3-4-5-6-8-22-17-14(11-18)13(10-15(20)19-17)16-12(2)7-9-21-16/h7,9,13H,3-6,8,10H2,1-2H3,(H,19,20). The number of nitriles is 1. The minimum Gasteiger partial charge on any atom is -0.320 e. The monoisotopic (exact) mass is 334 g/mol. The third kappa shape index (κ3) is 4.15. The third-order valence-electron chi connectivity index (χ3n) is 3.82. The smallest absolute Gasteiger partial charge is 0.225 e. The Morgan fingerprint density at radius 1 is 1.45 bits per heavy atom. The number of hydrogen-bond acceptors (Lipinski definition) is 4. The minimum absolute atomic E-state index is 0.0212. The molecule has 0 aromatic carbocycles. The van der Waals surface area contributed by atoms with E-state index in [0.29, 0.717) is 6.42 Å². The highest BCUT2D eigenvalue weighted by atomic mass is 32.2. The number of carbonyl (C=O) groups excluding carboxylic acids is 1. The number of amides is 1. The number of rotatable bonds is 7. The van der Waals surface area contributed by atoms with Gasteiger partial charge in [0.2, 0.25) is 5.91 Å². The van der Waals surface area contributed by atoms with Crippen LogP contribution in [0.1, 0.15) is 55.4 Å². The lowest BCUT2D eigenvalue weighted by atomic mass is 9.91.